The Morgan fingerprint density at radius 3 is 1.43 bits per heavy atom. The van der Waals surface area contributed by atoms with Crippen molar-refractivity contribution in [2.24, 2.45) is 0 Å². The SMILES string of the molecule is O.SCC(S)CS. The molecule has 46 valence electrons. The third-order valence-electron chi connectivity index (χ3n) is 0.421. The lowest BCUT2D eigenvalue weighted by atomic mass is 10.6. The van der Waals surface area contributed by atoms with Gasteiger partial charge in [-0.3, -0.25) is 0 Å². The topological polar surface area (TPSA) is 31.5 Å². The van der Waals surface area contributed by atoms with Gasteiger partial charge in [-0.05, 0) is 0 Å². The second kappa shape index (κ2) is 7.01. The predicted molar refractivity (Wildman–Crippen MR) is 44.1 cm³/mol. The molecule has 0 atom stereocenters. The summed E-state index contributed by atoms with van der Waals surface area (Å²) in [7, 11) is 0. The van der Waals surface area contributed by atoms with Gasteiger partial charge in [0.15, 0.2) is 0 Å². The number of hydrogen-bond acceptors (Lipinski definition) is 3. The Kier molecular flexibility index (Phi) is 10.9. The van der Waals surface area contributed by atoms with Gasteiger partial charge in [0, 0.05) is 16.8 Å². The van der Waals surface area contributed by atoms with E-state index < -0.39 is 0 Å². The minimum atomic E-state index is 0. The van der Waals surface area contributed by atoms with Crippen molar-refractivity contribution in [2.75, 3.05) is 11.5 Å². The Hall–Kier alpha value is 1.01. The number of rotatable bonds is 2. The second-order valence-corrected chi connectivity index (χ2v) is 2.48. The maximum absolute atomic E-state index is 4.08. The third kappa shape index (κ3) is 7.01. The fourth-order valence-corrected chi connectivity index (χ4v) is 0.520. The maximum Gasteiger partial charge on any atom is 0.0193 e. The van der Waals surface area contributed by atoms with Crippen LogP contribution in [0.1, 0.15) is 0 Å². The standard InChI is InChI=1S/C3H8S3.H2O/c4-1-3(6)2-5;/h3-6H,1-2H2;1H2. The smallest absolute Gasteiger partial charge is 0.0193 e. The zero-order valence-corrected chi connectivity index (χ0v) is 6.52. The molecule has 0 heterocycles. The van der Waals surface area contributed by atoms with Crippen LogP contribution in [0.4, 0.5) is 0 Å². The van der Waals surface area contributed by atoms with E-state index in [1.165, 1.54) is 0 Å². The zero-order chi connectivity index (χ0) is 4.99. The van der Waals surface area contributed by atoms with Crippen LogP contribution in [0.5, 0.6) is 0 Å². The summed E-state index contributed by atoms with van der Waals surface area (Å²) in [5, 5.41) is 0.358. The molecule has 0 rings (SSSR count). The Morgan fingerprint density at radius 2 is 1.43 bits per heavy atom. The van der Waals surface area contributed by atoms with Gasteiger partial charge in [-0.15, -0.1) is 0 Å². The van der Waals surface area contributed by atoms with Crippen molar-refractivity contribution in [2.45, 2.75) is 5.25 Å². The Labute approximate surface area is 60.4 Å². The van der Waals surface area contributed by atoms with E-state index in [-0.39, 0.29) is 5.48 Å². The van der Waals surface area contributed by atoms with Crippen LogP contribution in [0.25, 0.3) is 0 Å². The van der Waals surface area contributed by atoms with Crippen LogP contribution in [-0.4, -0.2) is 22.2 Å². The van der Waals surface area contributed by atoms with E-state index in [4.69, 9.17) is 0 Å². The van der Waals surface area contributed by atoms with E-state index in [1.54, 1.807) is 0 Å². The monoisotopic (exact) mass is 158 g/mol. The highest BCUT2D eigenvalue weighted by Crippen LogP contribution is 1.97. The molecule has 0 aromatic carbocycles. The van der Waals surface area contributed by atoms with Crippen molar-refractivity contribution in [1.29, 1.82) is 0 Å². The van der Waals surface area contributed by atoms with E-state index in [9.17, 15) is 0 Å². The molecule has 0 aromatic heterocycles. The fourth-order valence-electron chi connectivity index (χ4n) is 0.0577. The Bertz CT molecular complexity index is 29.4. The summed E-state index contributed by atoms with van der Waals surface area (Å²) >= 11 is 12.0. The predicted octanol–water partition coefficient (Wildman–Crippen LogP) is 0.320. The van der Waals surface area contributed by atoms with E-state index in [1.807, 2.05) is 0 Å². The largest absolute Gasteiger partial charge is 0.412 e. The van der Waals surface area contributed by atoms with Crippen LogP contribution < -0.4 is 0 Å². The summed E-state index contributed by atoms with van der Waals surface area (Å²) in [5.74, 6) is 1.62. The first-order valence-electron chi connectivity index (χ1n) is 1.71. The van der Waals surface area contributed by atoms with Crippen LogP contribution in [0.15, 0.2) is 0 Å². The lowest BCUT2D eigenvalue weighted by Crippen LogP contribution is -2.00. The summed E-state index contributed by atoms with van der Waals surface area (Å²) in [5.41, 5.74) is 0. The average molecular weight is 158 g/mol. The molecule has 0 unspecified atom stereocenters. The minimum absolute atomic E-state index is 0. The van der Waals surface area contributed by atoms with Crippen molar-refractivity contribution >= 4 is 37.9 Å². The third-order valence-corrected chi connectivity index (χ3v) is 2.24. The molecule has 0 saturated carbocycles. The van der Waals surface area contributed by atoms with Gasteiger partial charge in [0.2, 0.25) is 0 Å². The lowest BCUT2D eigenvalue weighted by Gasteiger charge is -1.96. The number of hydrogen-bond donors (Lipinski definition) is 3. The minimum Gasteiger partial charge on any atom is -0.412 e. The van der Waals surface area contributed by atoms with E-state index in [2.05, 4.69) is 37.9 Å². The van der Waals surface area contributed by atoms with Gasteiger partial charge in [0.25, 0.3) is 0 Å². The summed E-state index contributed by atoms with van der Waals surface area (Å²) < 4.78 is 0. The van der Waals surface area contributed by atoms with Crippen LogP contribution in [-0.2, 0) is 0 Å². The van der Waals surface area contributed by atoms with Gasteiger partial charge in [-0.2, -0.15) is 37.9 Å². The van der Waals surface area contributed by atoms with Crippen molar-refractivity contribution in [1.82, 2.24) is 0 Å². The molecule has 0 fully saturated rings. The molecule has 0 aliphatic heterocycles. The molecule has 0 aliphatic carbocycles. The van der Waals surface area contributed by atoms with Crippen LogP contribution >= 0.6 is 37.9 Å². The molecule has 0 aromatic rings. The highest BCUT2D eigenvalue weighted by Gasteiger charge is 1.91. The molecule has 0 spiro atoms. The molecule has 0 amide bonds. The number of thiol groups is 3. The molecule has 0 radical (unpaired) electrons. The average Bonchev–Trinajstić information content (AvgIpc) is 1.65. The summed E-state index contributed by atoms with van der Waals surface area (Å²) in [6, 6.07) is 0. The molecule has 0 aliphatic rings. The van der Waals surface area contributed by atoms with E-state index >= 15 is 0 Å². The van der Waals surface area contributed by atoms with Gasteiger partial charge in [-0.1, -0.05) is 0 Å². The van der Waals surface area contributed by atoms with Crippen molar-refractivity contribution in [3.63, 3.8) is 0 Å². The normalized spacial score (nSPS) is 8.57. The quantitative estimate of drug-likeness (QED) is 0.484. The van der Waals surface area contributed by atoms with Crippen molar-refractivity contribution in [3.05, 3.63) is 0 Å². The Balaban J connectivity index is 0. The molecule has 2 N–H and O–H groups in total. The van der Waals surface area contributed by atoms with E-state index in [0.29, 0.717) is 5.25 Å². The van der Waals surface area contributed by atoms with Gasteiger partial charge in [0.1, 0.15) is 0 Å². The summed E-state index contributed by atoms with van der Waals surface area (Å²) in [6.07, 6.45) is 0. The first kappa shape index (κ1) is 10.9. The maximum atomic E-state index is 4.08. The lowest BCUT2D eigenvalue weighted by molar-refractivity contribution is 0.824. The first-order chi connectivity index (χ1) is 2.81. The zero-order valence-electron chi connectivity index (χ0n) is 3.83. The fraction of sp³-hybridized carbons (Fsp3) is 1.00. The van der Waals surface area contributed by atoms with Gasteiger partial charge in [-0.25, -0.2) is 0 Å². The van der Waals surface area contributed by atoms with Crippen LogP contribution in [0.3, 0.4) is 0 Å². The van der Waals surface area contributed by atoms with Crippen molar-refractivity contribution < 1.29 is 5.48 Å². The molecule has 7 heavy (non-hydrogen) atoms. The second-order valence-electron chi connectivity index (χ2n) is 1.02. The summed E-state index contributed by atoms with van der Waals surface area (Å²) in [6.45, 7) is 0. The van der Waals surface area contributed by atoms with Gasteiger partial charge < -0.3 is 5.48 Å². The molecule has 0 bridgehead atoms. The van der Waals surface area contributed by atoms with Crippen LogP contribution in [0, 0.1) is 0 Å². The van der Waals surface area contributed by atoms with Crippen molar-refractivity contribution in [3.8, 4) is 0 Å². The molecule has 1 nitrogen and oxygen atoms in total. The Morgan fingerprint density at radius 1 is 1.14 bits per heavy atom. The highest BCUT2D eigenvalue weighted by molar-refractivity contribution is 7.86. The molecular formula is C3H10OS3. The van der Waals surface area contributed by atoms with E-state index in [0.717, 1.165) is 11.5 Å². The summed E-state index contributed by atoms with van der Waals surface area (Å²) in [4.78, 5) is 0. The highest BCUT2D eigenvalue weighted by atomic mass is 32.1. The molecule has 0 saturated heterocycles. The first-order valence-corrected chi connectivity index (χ1v) is 3.49. The van der Waals surface area contributed by atoms with Gasteiger partial charge >= 0.3 is 0 Å². The van der Waals surface area contributed by atoms with Crippen LogP contribution in [0.2, 0.25) is 0 Å². The molecule has 4 heteroatoms. The molecular weight excluding hydrogens is 148 g/mol. The van der Waals surface area contributed by atoms with Gasteiger partial charge in [0.05, 0.1) is 0 Å².